The maximum absolute atomic E-state index is 13.1. The number of benzene rings is 1. The molecule has 0 aliphatic heterocycles. The summed E-state index contributed by atoms with van der Waals surface area (Å²) >= 11 is 4.40. The summed E-state index contributed by atoms with van der Waals surface area (Å²) in [6.07, 6.45) is 0. The van der Waals surface area contributed by atoms with Crippen molar-refractivity contribution >= 4 is 56.2 Å². The first kappa shape index (κ1) is 20.8. The zero-order valence-corrected chi connectivity index (χ0v) is 19.3. The van der Waals surface area contributed by atoms with Crippen LogP contribution in [0, 0.1) is 0 Å². The Morgan fingerprint density at radius 3 is 2.63 bits per heavy atom. The zero-order valence-electron chi connectivity index (χ0n) is 16.9. The highest BCUT2D eigenvalue weighted by Crippen LogP contribution is 2.35. The molecule has 0 fully saturated rings. The van der Waals surface area contributed by atoms with Gasteiger partial charge in [-0.25, -0.2) is 4.98 Å². The first-order valence-corrected chi connectivity index (χ1v) is 12.2. The van der Waals surface area contributed by atoms with E-state index in [1.54, 1.807) is 27.9 Å². The third-order valence-corrected chi connectivity index (χ3v) is 7.75. The Morgan fingerprint density at radius 1 is 1.20 bits per heavy atom. The summed E-state index contributed by atoms with van der Waals surface area (Å²) in [6.45, 7) is 4.40. The van der Waals surface area contributed by atoms with Gasteiger partial charge in [-0.05, 0) is 37.4 Å². The van der Waals surface area contributed by atoms with E-state index < -0.39 is 0 Å². The number of thioether (sulfide) groups is 1. The number of nitrogens with zero attached hydrogens (tertiary/aromatic N) is 3. The predicted molar refractivity (Wildman–Crippen MR) is 128 cm³/mol. The molecule has 3 heterocycles. The summed E-state index contributed by atoms with van der Waals surface area (Å²) in [5.41, 5.74) is 1.72. The molecule has 0 aliphatic carbocycles. The van der Waals surface area contributed by atoms with Gasteiger partial charge in [0.2, 0.25) is 5.91 Å². The number of anilines is 1. The third kappa shape index (κ3) is 3.82. The molecule has 3 aromatic heterocycles. The van der Waals surface area contributed by atoms with Crippen molar-refractivity contribution in [1.82, 2.24) is 9.55 Å². The van der Waals surface area contributed by atoms with Crippen molar-refractivity contribution in [3.63, 3.8) is 0 Å². The van der Waals surface area contributed by atoms with Gasteiger partial charge in [0.25, 0.3) is 5.56 Å². The minimum atomic E-state index is -0.377. The molecule has 4 aromatic rings. The Morgan fingerprint density at radius 2 is 1.97 bits per heavy atom. The van der Waals surface area contributed by atoms with Crippen LogP contribution in [-0.4, -0.2) is 27.3 Å². The number of hydrogen-bond acceptors (Lipinski definition) is 6. The number of aromatic nitrogens is 2. The van der Waals surface area contributed by atoms with E-state index in [9.17, 15) is 9.59 Å². The SMILES string of the molecule is CCN(C(=O)C(C)Sc1nc2scc(-c3cccs3)c2c(=O)n1C)c1ccccc1. The first-order chi connectivity index (χ1) is 14.5. The number of rotatable bonds is 6. The lowest BCUT2D eigenvalue weighted by Gasteiger charge is -2.24. The maximum Gasteiger partial charge on any atom is 0.263 e. The predicted octanol–water partition coefficient (Wildman–Crippen LogP) is 5.26. The molecule has 0 N–H and O–H groups in total. The average Bonchev–Trinajstić information content (AvgIpc) is 3.42. The number of carbonyl (C=O) groups excluding carboxylic acids is 1. The fraction of sp³-hybridized carbons (Fsp3) is 0.227. The number of fused-ring (bicyclic) bond motifs is 1. The molecule has 30 heavy (non-hydrogen) atoms. The van der Waals surface area contributed by atoms with Crippen LogP contribution < -0.4 is 10.5 Å². The van der Waals surface area contributed by atoms with Crippen LogP contribution in [0.5, 0.6) is 0 Å². The molecule has 154 valence electrons. The molecule has 0 spiro atoms. The summed E-state index contributed by atoms with van der Waals surface area (Å²) < 4.78 is 1.55. The van der Waals surface area contributed by atoms with Gasteiger partial charge in [-0.2, -0.15) is 0 Å². The minimum Gasteiger partial charge on any atom is -0.312 e. The molecule has 1 aromatic carbocycles. The van der Waals surface area contributed by atoms with Gasteiger partial charge < -0.3 is 4.90 Å². The Bertz CT molecular complexity index is 1230. The number of carbonyl (C=O) groups is 1. The maximum atomic E-state index is 13.1. The fourth-order valence-electron chi connectivity index (χ4n) is 3.27. The van der Waals surface area contributed by atoms with E-state index in [-0.39, 0.29) is 16.7 Å². The highest BCUT2D eigenvalue weighted by Gasteiger charge is 2.24. The van der Waals surface area contributed by atoms with Crippen molar-refractivity contribution in [1.29, 1.82) is 0 Å². The number of para-hydroxylation sites is 1. The Balaban J connectivity index is 1.65. The normalized spacial score (nSPS) is 12.2. The standard InChI is InChI=1S/C22H21N3O2S3/c1-4-25(15-9-6-5-7-10-15)20(26)14(2)30-22-23-19-18(21(27)24(22)3)16(13-29-19)17-11-8-12-28-17/h5-14H,4H2,1-3H3. The lowest BCUT2D eigenvalue weighted by atomic mass is 10.2. The smallest absolute Gasteiger partial charge is 0.263 e. The van der Waals surface area contributed by atoms with E-state index >= 15 is 0 Å². The van der Waals surface area contributed by atoms with Crippen LogP contribution in [0.4, 0.5) is 5.69 Å². The molecule has 5 nitrogen and oxygen atoms in total. The lowest BCUT2D eigenvalue weighted by molar-refractivity contribution is -0.117. The molecule has 8 heteroatoms. The van der Waals surface area contributed by atoms with Gasteiger partial charge in [-0.15, -0.1) is 22.7 Å². The van der Waals surface area contributed by atoms with Gasteiger partial charge in [0.05, 0.1) is 10.6 Å². The van der Waals surface area contributed by atoms with Gasteiger partial charge in [0.1, 0.15) is 4.83 Å². The van der Waals surface area contributed by atoms with E-state index in [0.29, 0.717) is 21.9 Å². The first-order valence-electron chi connectivity index (χ1n) is 9.56. The quantitative estimate of drug-likeness (QED) is 0.294. The van der Waals surface area contributed by atoms with Crippen molar-refractivity contribution in [2.24, 2.45) is 7.05 Å². The third-order valence-electron chi connectivity index (χ3n) is 4.84. The topological polar surface area (TPSA) is 55.2 Å². The van der Waals surface area contributed by atoms with Crippen molar-refractivity contribution < 1.29 is 4.79 Å². The molecular formula is C22H21N3O2S3. The molecule has 1 atom stereocenters. The summed E-state index contributed by atoms with van der Waals surface area (Å²) in [4.78, 5) is 34.5. The van der Waals surface area contributed by atoms with Crippen LogP contribution in [0.25, 0.3) is 20.7 Å². The van der Waals surface area contributed by atoms with Gasteiger partial charge >= 0.3 is 0 Å². The molecule has 1 unspecified atom stereocenters. The average molecular weight is 456 g/mol. The highest BCUT2D eigenvalue weighted by molar-refractivity contribution is 8.00. The monoisotopic (exact) mass is 455 g/mol. The summed E-state index contributed by atoms with van der Waals surface area (Å²) in [6, 6.07) is 13.6. The Kier molecular flexibility index (Phi) is 6.08. The molecule has 0 saturated carbocycles. The van der Waals surface area contributed by atoms with Crippen molar-refractivity contribution in [2.75, 3.05) is 11.4 Å². The zero-order chi connectivity index (χ0) is 21.3. The van der Waals surface area contributed by atoms with Crippen molar-refractivity contribution in [2.45, 2.75) is 24.3 Å². The second kappa shape index (κ2) is 8.75. The minimum absolute atomic E-state index is 0.00602. The van der Waals surface area contributed by atoms with Gasteiger partial charge in [-0.1, -0.05) is 36.0 Å². The fourth-order valence-corrected chi connectivity index (χ4v) is 6.01. The second-order valence-electron chi connectivity index (χ2n) is 6.74. The van der Waals surface area contributed by atoms with Crippen LogP contribution in [-0.2, 0) is 11.8 Å². The van der Waals surface area contributed by atoms with Gasteiger partial charge in [0, 0.05) is 35.1 Å². The molecular weight excluding hydrogens is 434 g/mol. The molecule has 0 saturated heterocycles. The molecule has 0 bridgehead atoms. The molecule has 0 aliphatic rings. The van der Waals surface area contributed by atoms with E-state index in [2.05, 4.69) is 0 Å². The highest BCUT2D eigenvalue weighted by atomic mass is 32.2. The summed E-state index contributed by atoms with van der Waals surface area (Å²) in [5.74, 6) is -0.00602. The Hall–Kier alpha value is -2.42. The molecule has 0 radical (unpaired) electrons. The van der Waals surface area contributed by atoms with Crippen LogP contribution in [0.15, 0.2) is 63.2 Å². The number of thiophene rings is 2. The number of hydrogen-bond donors (Lipinski definition) is 0. The lowest BCUT2D eigenvalue weighted by Crippen LogP contribution is -2.36. The van der Waals surface area contributed by atoms with Gasteiger partial charge in [0.15, 0.2) is 5.16 Å². The van der Waals surface area contributed by atoms with Gasteiger partial charge in [-0.3, -0.25) is 14.2 Å². The van der Waals surface area contributed by atoms with E-state index in [1.807, 2.05) is 67.1 Å². The van der Waals surface area contributed by atoms with E-state index in [0.717, 1.165) is 16.1 Å². The molecule has 4 rings (SSSR count). The van der Waals surface area contributed by atoms with Crippen LogP contribution in [0.3, 0.4) is 0 Å². The summed E-state index contributed by atoms with van der Waals surface area (Å²) in [5, 5.41) is 4.81. The van der Waals surface area contributed by atoms with Crippen LogP contribution in [0.2, 0.25) is 0 Å². The van der Waals surface area contributed by atoms with E-state index in [4.69, 9.17) is 4.98 Å². The van der Waals surface area contributed by atoms with E-state index in [1.165, 1.54) is 23.1 Å². The second-order valence-corrected chi connectivity index (χ2v) is 9.86. The van der Waals surface area contributed by atoms with Crippen molar-refractivity contribution in [3.8, 4) is 10.4 Å². The van der Waals surface area contributed by atoms with Crippen molar-refractivity contribution in [3.05, 3.63) is 63.6 Å². The Labute approximate surface area is 187 Å². The van der Waals surface area contributed by atoms with Crippen LogP contribution in [0.1, 0.15) is 13.8 Å². The molecule has 1 amide bonds. The largest absolute Gasteiger partial charge is 0.312 e. The van der Waals surface area contributed by atoms with Crippen LogP contribution >= 0.6 is 34.4 Å². The number of amides is 1. The summed E-state index contributed by atoms with van der Waals surface area (Å²) in [7, 11) is 1.72.